The van der Waals surface area contributed by atoms with Crippen LogP contribution in [-0.4, -0.2) is 42.1 Å². The Morgan fingerprint density at radius 1 is 1.28 bits per heavy atom. The quantitative estimate of drug-likeness (QED) is 0.613. The minimum absolute atomic E-state index is 0.366. The molecule has 4 rings (SSSR count). The summed E-state index contributed by atoms with van der Waals surface area (Å²) in [4.78, 5) is 2.37. The van der Waals surface area contributed by atoms with Gasteiger partial charge in [0.1, 0.15) is 0 Å². The van der Waals surface area contributed by atoms with E-state index in [1.54, 1.807) is 0 Å². The van der Waals surface area contributed by atoms with E-state index in [0.29, 0.717) is 12.1 Å². The van der Waals surface area contributed by atoms with Crippen LogP contribution in [0.15, 0.2) is 24.3 Å². The summed E-state index contributed by atoms with van der Waals surface area (Å²) >= 11 is 5.85. The number of tetrazole rings is 1. The fourth-order valence-corrected chi connectivity index (χ4v) is 4.63. The highest BCUT2D eigenvalue weighted by Gasteiger charge is 2.26. The molecule has 1 atom stereocenters. The Bertz CT molecular complexity index is 1010. The third kappa shape index (κ3) is 4.06. The molecular formula is C22H30N6S. The largest absolute Gasteiger partial charge is 0.360 e. The van der Waals surface area contributed by atoms with Crippen LogP contribution in [0.2, 0.25) is 0 Å². The molecule has 154 valence electrons. The monoisotopic (exact) mass is 410 g/mol. The number of nitrogens with zero attached hydrogens (tertiary/aromatic N) is 5. The number of benzene rings is 1. The Morgan fingerprint density at radius 2 is 2.07 bits per heavy atom. The van der Waals surface area contributed by atoms with E-state index < -0.39 is 0 Å². The lowest BCUT2D eigenvalue weighted by Crippen LogP contribution is -2.47. The molecule has 0 unspecified atom stereocenters. The maximum atomic E-state index is 5.85. The number of hydrogen-bond acceptors (Lipinski definition) is 4. The van der Waals surface area contributed by atoms with Crippen molar-refractivity contribution in [2.24, 2.45) is 0 Å². The highest BCUT2D eigenvalue weighted by Crippen LogP contribution is 2.28. The van der Waals surface area contributed by atoms with Gasteiger partial charge >= 0.3 is 0 Å². The van der Waals surface area contributed by atoms with Crippen molar-refractivity contribution in [1.82, 2.24) is 30.3 Å². The summed E-state index contributed by atoms with van der Waals surface area (Å²) in [6.45, 7) is 7.27. The van der Waals surface area contributed by atoms with Crippen LogP contribution >= 0.6 is 12.2 Å². The predicted octanol–water partition coefficient (Wildman–Crippen LogP) is 4.26. The van der Waals surface area contributed by atoms with Crippen LogP contribution in [0.25, 0.3) is 16.6 Å². The van der Waals surface area contributed by atoms with Gasteiger partial charge in [0.2, 0.25) is 0 Å². The Morgan fingerprint density at radius 3 is 2.79 bits per heavy atom. The van der Waals surface area contributed by atoms with Crippen molar-refractivity contribution in [1.29, 1.82) is 0 Å². The molecule has 7 heteroatoms. The van der Waals surface area contributed by atoms with E-state index in [-0.39, 0.29) is 0 Å². The molecule has 2 heterocycles. The van der Waals surface area contributed by atoms with Crippen molar-refractivity contribution in [3.63, 3.8) is 0 Å². The van der Waals surface area contributed by atoms with Crippen LogP contribution in [0, 0.1) is 0 Å². The third-order valence-electron chi connectivity index (χ3n) is 6.16. The summed E-state index contributed by atoms with van der Waals surface area (Å²) in [5.41, 5.74) is 4.29. The number of rotatable bonds is 6. The van der Waals surface area contributed by atoms with Gasteiger partial charge in [-0.25, -0.2) is 0 Å². The number of aromatic nitrogens is 4. The van der Waals surface area contributed by atoms with Gasteiger partial charge in [-0.1, -0.05) is 32.8 Å². The van der Waals surface area contributed by atoms with Gasteiger partial charge in [0.05, 0.1) is 5.52 Å². The summed E-state index contributed by atoms with van der Waals surface area (Å²) in [5, 5.41) is 18.1. The molecule has 2 aromatic heterocycles. The van der Waals surface area contributed by atoms with Gasteiger partial charge < -0.3 is 10.2 Å². The van der Waals surface area contributed by atoms with Gasteiger partial charge in [-0.15, -0.1) is 5.10 Å². The molecular weight excluding hydrogens is 380 g/mol. The third-order valence-corrected chi connectivity index (χ3v) is 6.52. The molecule has 1 aliphatic carbocycles. The van der Waals surface area contributed by atoms with Crippen LogP contribution in [0.3, 0.4) is 0 Å². The summed E-state index contributed by atoms with van der Waals surface area (Å²) in [6.07, 6.45) is 6.98. The zero-order valence-electron chi connectivity index (χ0n) is 17.6. The highest BCUT2D eigenvalue weighted by atomic mass is 32.1. The molecule has 1 aromatic carbocycles. The SMILES string of the molecule is CCc1ccc2c(c1)cc(CN(C(=S)N[C@H](C)CC)C1CCCC1)c1nnnn12. The number of fused-ring (bicyclic) bond motifs is 3. The van der Waals surface area contributed by atoms with Crippen LogP contribution in [0.4, 0.5) is 0 Å². The second kappa shape index (κ2) is 8.61. The molecule has 1 aliphatic rings. The molecule has 1 saturated carbocycles. The number of thiocarbonyl (C=S) groups is 1. The van der Waals surface area contributed by atoms with Crippen molar-refractivity contribution in [2.45, 2.75) is 77.9 Å². The molecule has 0 saturated heterocycles. The van der Waals surface area contributed by atoms with Crippen LogP contribution in [-0.2, 0) is 13.0 Å². The van der Waals surface area contributed by atoms with E-state index in [4.69, 9.17) is 12.2 Å². The zero-order valence-corrected chi connectivity index (χ0v) is 18.4. The molecule has 0 aliphatic heterocycles. The Kier molecular flexibility index (Phi) is 5.94. The number of pyridine rings is 1. The van der Waals surface area contributed by atoms with Gasteiger partial charge in [-0.05, 0) is 79.0 Å². The van der Waals surface area contributed by atoms with Gasteiger partial charge in [0.25, 0.3) is 0 Å². The minimum atomic E-state index is 0.366. The van der Waals surface area contributed by atoms with Crippen LogP contribution < -0.4 is 5.32 Å². The number of hydrogen-bond donors (Lipinski definition) is 1. The average molecular weight is 411 g/mol. The van der Waals surface area contributed by atoms with Crippen molar-refractivity contribution >= 4 is 33.9 Å². The van der Waals surface area contributed by atoms with Gasteiger partial charge in [0.15, 0.2) is 10.8 Å². The second-order valence-corrected chi connectivity index (χ2v) is 8.54. The first-order chi connectivity index (χ1) is 14.1. The van der Waals surface area contributed by atoms with E-state index >= 15 is 0 Å². The fraction of sp³-hybridized carbons (Fsp3) is 0.545. The summed E-state index contributed by atoms with van der Waals surface area (Å²) in [5.74, 6) is 0. The minimum Gasteiger partial charge on any atom is -0.360 e. The highest BCUT2D eigenvalue weighted by molar-refractivity contribution is 7.80. The molecule has 6 nitrogen and oxygen atoms in total. The summed E-state index contributed by atoms with van der Waals surface area (Å²) < 4.78 is 1.86. The average Bonchev–Trinajstić information content (AvgIpc) is 3.43. The molecule has 1 N–H and O–H groups in total. The molecule has 0 radical (unpaired) electrons. The molecule has 3 aromatic rings. The van der Waals surface area contributed by atoms with Crippen molar-refractivity contribution in [3.05, 3.63) is 35.4 Å². The Balaban J connectivity index is 1.73. The van der Waals surface area contributed by atoms with Gasteiger partial charge in [-0.3, -0.25) is 0 Å². The molecule has 0 amide bonds. The van der Waals surface area contributed by atoms with Crippen molar-refractivity contribution in [2.75, 3.05) is 0 Å². The number of aryl methyl sites for hydroxylation is 1. The molecule has 29 heavy (non-hydrogen) atoms. The van der Waals surface area contributed by atoms with Crippen LogP contribution in [0.1, 0.15) is 64.0 Å². The maximum absolute atomic E-state index is 5.85. The topological polar surface area (TPSA) is 58.3 Å². The lowest BCUT2D eigenvalue weighted by atomic mass is 10.1. The van der Waals surface area contributed by atoms with Crippen LogP contribution in [0.5, 0.6) is 0 Å². The maximum Gasteiger partial charge on any atom is 0.184 e. The summed E-state index contributed by atoms with van der Waals surface area (Å²) in [6, 6.07) is 9.60. The Hall–Kier alpha value is -2.28. The normalized spacial score (nSPS) is 15.8. The van der Waals surface area contributed by atoms with E-state index in [1.807, 2.05) is 4.52 Å². The lowest BCUT2D eigenvalue weighted by molar-refractivity contribution is 0.300. The smallest absolute Gasteiger partial charge is 0.184 e. The molecule has 0 spiro atoms. The van der Waals surface area contributed by atoms with E-state index in [1.165, 1.54) is 36.6 Å². The fourth-order valence-electron chi connectivity index (χ4n) is 4.21. The first-order valence-electron chi connectivity index (χ1n) is 10.8. The lowest BCUT2D eigenvalue weighted by Gasteiger charge is -2.33. The first kappa shape index (κ1) is 20.0. The van der Waals surface area contributed by atoms with Crippen molar-refractivity contribution < 1.29 is 0 Å². The van der Waals surface area contributed by atoms with E-state index in [9.17, 15) is 0 Å². The van der Waals surface area contributed by atoms with Gasteiger partial charge in [0, 0.05) is 29.6 Å². The predicted molar refractivity (Wildman–Crippen MR) is 121 cm³/mol. The molecule has 1 fully saturated rings. The second-order valence-electron chi connectivity index (χ2n) is 8.16. The van der Waals surface area contributed by atoms with Crippen molar-refractivity contribution in [3.8, 4) is 0 Å². The van der Waals surface area contributed by atoms with E-state index in [2.05, 4.69) is 70.8 Å². The molecule has 0 bridgehead atoms. The summed E-state index contributed by atoms with van der Waals surface area (Å²) in [7, 11) is 0. The zero-order chi connectivity index (χ0) is 20.4. The first-order valence-corrected chi connectivity index (χ1v) is 11.2. The Labute approximate surface area is 177 Å². The van der Waals surface area contributed by atoms with Gasteiger partial charge in [-0.2, -0.15) is 4.52 Å². The number of nitrogens with one attached hydrogen (secondary N) is 1. The standard InChI is InChI=1S/C22H30N6S/c1-4-15(3)23-22(29)27(19-8-6-7-9-19)14-18-13-17-12-16(5-2)10-11-20(17)28-21(18)24-25-26-28/h10-13,15,19H,4-9,14H2,1-3H3,(H,23,29)/t15-/m1/s1. The van der Waals surface area contributed by atoms with E-state index in [0.717, 1.165) is 41.2 Å².